The van der Waals surface area contributed by atoms with Crippen LogP contribution in [-0.2, 0) is 17.6 Å². The molecular formula is C34H49N5O5. The fourth-order valence-electron chi connectivity index (χ4n) is 6.70. The van der Waals surface area contributed by atoms with Gasteiger partial charge in [0.05, 0.1) is 11.5 Å². The number of urea groups is 1. The zero-order chi connectivity index (χ0) is 31.1. The number of hydrogen-bond donors (Lipinski definition) is 3. The lowest BCUT2D eigenvalue weighted by molar-refractivity contribution is -0.384. The Morgan fingerprint density at radius 2 is 1.45 bits per heavy atom. The largest absolute Gasteiger partial charge is 0.395 e. The number of non-ortho nitro benzene ring substituents is 1. The van der Waals surface area contributed by atoms with Crippen LogP contribution in [0.4, 0.5) is 10.5 Å². The van der Waals surface area contributed by atoms with E-state index in [1.807, 2.05) is 30.3 Å². The van der Waals surface area contributed by atoms with Gasteiger partial charge in [0.1, 0.15) is 6.04 Å². The van der Waals surface area contributed by atoms with Crippen molar-refractivity contribution in [3.05, 3.63) is 75.8 Å². The van der Waals surface area contributed by atoms with Crippen molar-refractivity contribution in [2.24, 2.45) is 0 Å². The first kappa shape index (κ1) is 33.4. The van der Waals surface area contributed by atoms with E-state index in [0.29, 0.717) is 37.2 Å². The standard InChI is InChI=1S/C34H49N5O5/c40-25-24-37(22-20-27-10-4-1-5-11-27)34(42)36-32(26-28-16-18-31(19-17-28)39(43)44)33(41)35-21-23-38(29-12-6-2-7-13-29)30-14-8-3-9-15-30/h1,4-5,10-11,16-19,29-30,32,40H,2-3,6-9,12-15,20-26H2,(H,35,41)(H,36,42). The second-order valence-corrected chi connectivity index (χ2v) is 12.2. The van der Waals surface area contributed by atoms with Gasteiger partial charge in [-0.05, 0) is 43.2 Å². The lowest BCUT2D eigenvalue weighted by Gasteiger charge is -2.41. The van der Waals surface area contributed by atoms with Crippen molar-refractivity contribution < 1.29 is 19.6 Å². The Morgan fingerprint density at radius 3 is 2.02 bits per heavy atom. The molecular weight excluding hydrogens is 558 g/mol. The third-order valence-electron chi connectivity index (χ3n) is 9.13. The number of aliphatic hydroxyl groups is 1. The smallest absolute Gasteiger partial charge is 0.318 e. The summed E-state index contributed by atoms with van der Waals surface area (Å²) in [4.78, 5) is 41.9. The highest BCUT2D eigenvalue weighted by Gasteiger charge is 2.29. The van der Waals surface area contributed by atoms with E-state index in [1.165, 1.54) is 81.2 Å². The van der Waals surface area contributed by atoms with E-state index in [2.05, 4.69) is 15.5 Å². The molecule has 0 spiro atoms. The van der Waals surface area contributed by atoms with Crippen LogP contribution in [0.2, 0.25) is 0 Å². The lowest BCUT2D eigenvalue weighted by atomic mass is 9.88. The summed E-state index contributed by atoms with van der Waals surface area (Å²) < 4.78 is 0. The van der Waals surface area contributed by atoms with Crippen LogP contribution in [0.5, 0.6) is 0 Å². The van der Waals surface area contributed by atoms with Gasteiger partial charge in [0, 0.05) is 56.8 Å². The van der Waals surface area contributed by atoms with E-state index in [9.17, 15) is 24.8 Å². The predicted octanol–water partition coefficient (Wildman–Crippen LogP) is 4.84. The molecule has 44 heavy (non-hydrogen) atoms. The average molecular weight is 608 g/mol. The van der Waals surface area contributed by atoms with Gasteiger partial charge in [0.25, 0.3) is 5.69 Å². The molecule has 1 unspecified atom stereocenters. The third-order valence-corrected chi connectivity index (χ3v) is 9.13. The van der Waals surface area contributed by atoms with Gasteiger partial charge in [-0.1, -0.05) is 81.0 Å². The summed E-state index contributed by atoms with van der Waals surface area (Å²) in [6.07, 6.45) is 13.3. The maximum atomic E-state index is 13.6. The minimum atomic E-state index is -0.875. The Morgan fingerprint density at radius 1 is 0.841 bits per heavy atom. The summed E-state index contributed by atoms with van der Waals surface area (Å²) in [6, 6.07) is 15.7. The first-order valence-corrected chi connectivity index (χ1v) is 16.4. The van der Waals surface area contributed by atoms with E-state index in [0.717, 1.165) is 12.1 Å². The molecule has 240 valence electrons. The number of amides is 3. The first-order valence-electron chi connectivity index (χ1n) is 16.4. The summed E-state index contributed by atoms with van der Waals surface area (Å²) >= 11 is 0. The number of hydrogen-bond acceptors (Lipinski definition) is 6. The van der Waals surface area contributed by atoms with Crippen molar-refractivity contribution >= 4 is 17.6 Å². The van der Waals surface area contributed by atoms with Crippen LogP contribution in [0.3, 0.4) is 0 Å². The molecule has 4 rings (SSSR count). The second kappa shape index (κ2) is 17.7. The van der Waals surface area contributed by atoms with Gasteiger partial charge in [0.15, 0.2) is 0 Å². The molecule has 2 aromatic rings. The number of nitrogens with zero attached hydrogens (tertiary/aromatic N) is 3. The summed E-state index contributed by atoms with van der Waals surface area (Å²) in [5, 5.41) is 26.8. The Bertz CT molecular complexity index is 1150. The van der Waals surface area contributed by atoms with Crippen molar-refractivity contribution in [3.8, 4) is 0 Å². The van der Waals surface area contributed by atoms with Crippen LogP contribution in [0.25, 0.3) is 0 Å². The summed E-state index contributed by atoms with van der Waals surface area (Å²) in [5.74, 6) is -0.282. The molecule has 2 aromatic carbocycles. The minimum absolute atomic E-state index is 0.0284. The maximum Gasteiger partial charge on any atom is 0.318 e. The van der Waals surface area contributed by atoms with Crippen LogP contribution < -0.4 is 10.6 Å². The normalized spacial score (nSPS) is 16.8. The molecule has 0 radical (unpaired) electrons. The molecule has 2 fully saturated rings. The number of nitro groups is 1. The zero-order valence-corrected chi connectivity index (χ0v) is 25.9. The van der Waals surface area contributed by atoms with Crippen molar-refractivity contribution in [3.63, 3.8) is 0 Å². The van der Waals surface area contributed by atoms with Crippen molar-refractivity contribution in [2.75, 3.05) is 32.8 Å². The van der Waals surface area contributed by atoms with E-state index < -0.39 is 17.0 Å². The lowest BCUT2D eigenvalue weighted by Crippen LogP contribution is -2.54. The second-order valence-electron chi connectivity index (χ2n) is 12.2. The number of nitro benzene ring substituents is 1. The van der Waals surface area contributed by atoms with E-state index in [-0.39, 0.29) is 31.2 Å². The summed E-state index contributed by atoms with van der Waals surface area (Å²) in [6.45, 7) is 1.61. The van der Waals surface area contributed by atoms with Crippen molar-refractivity contribution in [1.82, 2.24) is 20.4 Å². The Kier molecular flexibility index (Phi) is 13.4. The maximum absolute atomic E-state index is 13.6. The molecule has 0 aromatic heterocycles. The third kappa shape index (κ3) is 10.3. The molecule has 3 amide bonds. The molecule has 0 bridgehead atoms. The van der Waals surface area contributed by atoms with Crippen LogP contribution in [0.15, 0.2) is 54.6 Å². The number of rotatable bonds is 15. The predicted molar refractivity (Wildman–Crippen MR) is 171 cm³/mol. The van der Waals surface area contributed by atoms with Gasteiger partial charge in [-0.15, -0.1) is 0 Å². The van der Waals surface area contributed by atoms with E-state index in [1.54, 1.807) is 12.1 Å². The molecule has 0 saturated heterocycles. The quantitative estimate of drug-likeness (QED) is 0.197. The summed E-state index contributed by atoms with van der Waals surface area (Å²) in [5.41, 5.74) is 1.75. The molecule has 10 nitrogen and oxygen atoms in total. The SMILES string of the molecule is O=C(NCCN(C1CCCCC1)C1CCCCC1)C(Cc1ccc([N+](=O)[O-])cc1)NC(=O)N(CCO)CCc1ccccc1. The van der Waals surface area contributed by atoms with Gasteiger partial charge < -0.3 is 20.6 Å². The number of benzene rings is 2. The van der Waals surface area contributed by atoms with Crippen LogP contribution in [0, 0.1) is 10.1 Å². The van der Waals surface area contributed by atoms with Gasteiger partial charge in [0.2, 0.25) is 5.91 Å². The molecule has 1 atom stereocenters. The number of nitrogens with one attached hydrogen (secondary N) is 2. The molecule has 0 aliphatic heterocycles. The number of carbonyl (C=O) groups is 2. The summed E-state index contributed by atoms with van der Waals surface area (Å²) in [7, 11) is 0. The molecule has 10 heteroatoms. The zero-order valence-electron chi connectivity index (χ0n) is 25.9. The Hall–Kier alpha value is -3.50. The average Bonchev–Trinajstić information content (AvgIpc) is 3.06. The topological polar surface area (TPSA) is 128 Å². The van der Waals surface area contributed by atoms with E-state index in [4.69, 9.17) is 0 Å². The monoisotopic (exact) mass is 607 g/mol. The number of aliphatic hydroxyl groups excluding tert-OH is 1. The molecule has 2 aliphatic rings. The first-order chi connectivity index (χ1) is 21.4. The van der Waals surface area contributed by atoms with Gasteiger partial charge >= 0.3 is 6.03 Å². The number of carbonyl (C=O) groups excluding carboxylic acids is 2. The fraction of sp³-hybridized carbons (Fsp3) is 0.588. The minimum Gasteiger partial charge on any atom is -0.395 e. The van der Waals surface area contributed by atoms with Crippen molar-refractivity contribution in [2.45, 2.75) is 95.2 Å². The van der Waals surface area contributed by atoms with Crippen LogP contribution >= 0.6 is 0 Å². The van der Waals surface area contributed by atoms with Gasteiger partial charge in [-0.25, -0.2) is 4.79 Å². The molecule has 3 N–H and O–H groups in total. The van der Waals surface area contributed by atoms with Crippen LogP contribution in [-0.4, -0.2) is 82.7 Å². The molecule has 2 aliphatic carbocycles. The highest BCUT2D eigenvalue weighted by atomic mass is 16.6. The highest BCUT2D eigenvalue weighted by Crippen LogP contribution is 2.29. The van der Waals surface area contributed by atoms with Crippen molar-refractivity contribution in [1.29, 1.82) is 0 Å². The molecule has 2 saturated carbocycles. The Balaban J connectivity index is 1.42. The van der Waals surface area contributed by atoms with Gasteiger partial charge in [-0.3, -0.25) is 19.8 Å². The van der Waals surface area contributed by atoms with Gasteiger partial charge in [-0.2, -0.15) is 0 Å². The van der Waals surface area contributed by atoms with Crippen LogP contribution in [0.1, 0.15) is 75.3 Å². The Labute approximate surface area is 261 Å². The molecule has 0 heterocycles. The highest BCUT2D eigenvalue weighted by molar-refractivity contribution is 5.87. The van der Waals surface area contributed by atoms with E-state index >= 15 is 0 Å². The fourth-order valence-corrected chi connectivity index (χ4v) is 6.70.